The molecule has 3 heteroatoms. The Morgan fingerprint density at radius 1 is 1.30 bits per heavy atom. The molecule has 0 aromatic rings. The number of piperidine rings is 1. The molecule has 0 spiro atoms. The molecule has 0 aliphatic carbocycles. The first-order valence-electron chi connectivity index (χ1n) is 8.33. The van der Waals surface area contributed by atoms with Crippen LogP contribution in [0.5, 0.6) is 0 Å². The number of hydrogen-bond donors (Lipinski definition) is 1. The zero-order valence-electron chi connectivity index (χ0n) is 14.1. The molecule has 0 bridgehead atoms. The molecule has 0 aromatic carbocycles. The van der Waals surface area contributed by atoms with E-state index in [9.17, 15) is 5.26 Å². The number of nitrogens with one attached hydrogen (secondary N) is 1. The van der Waals surface area contributed by atoms with Gasteiger partial charge in [0.25, 0.3) is 0 Å². The highest BCUT2D eigenvalue weighted by Crippen LogP contribution is 2.25. The predicted octanol–water partition coefficient (Wildman–Crippen LogP) is 3.56. The third kappa shape index (κ3) is 5.42. The van der Waals surface area contributed by atoms with E-state index < -0.39 is 5.54 Å². The minimum atomic E-state index is -0.409. The molecule has 2 atom stereocenters. The van der Waals surface area contributed by atoms with Gasteiger partial charge in [0.1, 0.15) is 5.54 Å². The van der Waals surface area contributed by atoms with Gasteiger partial charge in [-0.25, -0.2) is 0 Å². The lowest BCUT2D eigenvalue weighted by Crippen LogP contribution is -2.50. The highest BCUT2D eigenvalue weighted by Gasteiger charge is 2.30. The zero-order valence-corrected chi connectivity index (χ0v) is 14.1. The van der Waals surface area contributed by atoms with Gasteiger partial charge in [-0.2, -0.15) is 5.26 Å². The van der Waals surface area contributed by atoms with E-state index in [0.717, 1.165) is 12.3 Å². The summed E-state index contributed by atoms with van der Waals surface area (Å²) in [6, 6.07) is 3.30. The average Bonchev–Trinajstić information content (AvgIpc) is 2.39. The Hall–Kier alpha value is -0.590. The van der Waals surface area contributed by atoms with Crippen molar-refractivity contribution in [3.05, 3.63) is 0 Å². The molecule has 1 saturated heterocycles. The summed E-state index contributed by atoms with van der Waals surface area (Å²) in [4.78, 5) is 2.57. The molecule has 1 rings (SSSR count). The molecule has 1 N–H and O–H groups in total. The van der Waals surface area contributed by atoms with E-state index in [4.69, 9.17) is 0 Å². The summed E-state index contributed by atoms with van der Waals surface area (Å²) in [5.41, 5.74) is -0.409. The summed E-state index contributed by atoms with van der Waals surface area (Å²) in [7, 11) is 0. The Morgan fingerprint density at radius 2 is 1.90 bits per heavy atom. The summed E-state index contributed by atoms with van der Waals surface area (Å²) in [5.74, 6) is 0.930. The van der Waals surface area contributed by atoms with Crippen LogP contribution in [0.4, 0.5) is 0 Å². The van der Waals surface area contributed by atoms with Crippen LogP contribution >= 0.6 is 0 Å². The van der Waals surface area contributed by atoms with Gasteiger partial charge in [0.2, 0.25) is 0 Å². The quantitative estimate of drug-likeness (QED) is 0.774. The number of nitrogens with zero attached hydrogens (tertiary/aromatic N) is 2. The molecule has 0 amide bonds. The number of hydrogen-bond acceptors (Lipinski definition) is 3. The molecule has 3 nitrogen and oxygen atoms in total. The van der Waals surface area contributed by atoms with Gasteiger partial charge in [0.15, 0.2) is 0 Å². The predicted molar refractivity (Wildman–Crippen MR) is 85.6 cm³/mol. The van der Waals surface area contributed by atoms with Crippen LogP contribution < -0.4 is 5.32 Å². The van der Waals surface area contributed by atoms with Crippen molar-refractivity contribution in [2.24, 2.45) is 5.92 Å². The van der Waals surface area contributed by atoms with Gasteiger partial charge in [-0.3, -0.25) is 5.32 Å². The molecule has 0 aromatic heterocycles. The highest BCUT2D eigenvalue weighted by atomic mass is 15.2. The van der Waals surface area contributed by atoms with E-state index in [-0.39, 0.29) is 0 Å². The SMILES string of the molecule is CCCC1CCN(C(C)CC(C)(C#N)NC(C)C)CC1. The van der Waals surface area contributed by atoms with Gasteiger partial charge in [0.05, 0.1) is 6.07 Å². The van der Waals surface area contributed by atoms with Crippen molar-refractivity contribution in [2.75, 3.05) is 13.1 Å². The van der Waals surface area contributed by atoms with Crippen LogP contribution in [0.25, 0.3) is 0 Å². The summed E-state index contributed by atoms with van der Waals surface area (Å²) in [5, 5.41) is 12.9. The molecule has 1 aliphatic rings. The summed E-state index contributed by atoms with van der Waals surface area (Å²) < 4.78 is 0. The standard InChI is InChI=1S/C17H33N3/c1-6-7-16-8-10-20(11-9-16)15(4)12-17(5,13-18)19-14(2)3/h14-16,19H,6-12H2,1-5H3. The molecule has 1 heterocycles. The number of nitriles is 1. The lowest BCUT2D eigenvalue weighted by molar-refractivity contribution is 0.118. The monoisotopic (exact) mass is 279 g/mol. The maximum absolute atomic E-state index is 9.46. The lowest BCUT2D eigenvalue weighted by Gasteiger charge is -2.39. The second-order valence-electron chi connectivity index (χ2n) is 7.06. The van der Waals surface area contributed by atoms with Gasteiger partial charge < -0.3 is 4.90 Å². The van der Waals surface area contributed by atoms with E-state index in [1.807, 2.05) is 6.92 Å². The summed E-state index contributed by atoms with van der Waals surface area (Å²) in [6.45, 7) is 13.2. The van der Waals surface area contributed by atoms with Crippen LogP contribution in [0, 0.1) is 17.2 Å². The minimum Gasteiger partial charge on any atom is -0.301 e. The molecule has 20 heavy (non-hydrogen) atoms. The van der Waals surface area contributed by atoms with Crippen LogP contribution in [0.1, 0.15) is 66.7 Å². The maximum atomic E-state index is 9.46. The first-order valence-corrected chi connectivity index (χ1v) is 8.33. The van der Waals surface area contributed by atoms with Crippen LogP contribution in [0.3, 0.4) is 0 Å². The highest BCUT2D eigenvalue weighted by molar-refractivity contribution is 5.06. The van der Waals surface area contributed by atoms with Crippen LogP contribution in [-0.2, 0) is 0 Å². The van der Waals surface area contributed by atoms with Crippen molar-refractivity contribution in [1.82, 2.24) is 10.2 Å². The molecular formula is C17H33N3. The van der Waals surface area contributed by atoms with Crippen LogP contribution in [0.15, 0.2) is 0 Å². The normalized spacial score (nSPS) is 22.4. The van der Waals surface area contributed by atoms with E-state index in [0.29, 0.717) is 12.1 Å². The van der Waals surface area contributed by atoms with Crippen molar-refractivity contribution in [3.63, 3.8) is 0 Å². The Balaban J connectivity index is 2.46. The fourth-order valence-corrected chi connectivity index (χ4v) is 3.58. The Labute approximate surface area is 125 Å². The zero-order chi connectivity index (χ0) is 15.2. The van der Waals surface area contributed by atoms with Crippen molar-refractivity contribution in [1.29, 1.82) is 5.26 Å². The number of likely N-dealkylation sites (tertiary alicyclic amines) is 1. The third-order valence-electron chi connectivity index (χ3n) is 4.53. The smallest absolute Gasteiger partial charge is 0.105 e. The first-order chi connectivity index (χ1) is 9.40. The second kappa shape index (κ2) is 8.00. The van der Waals surface area contributed by atoms with Gasteiger partial charge in [0, 0.05) is 12.1 Å². The second-order valence-corrected chi connectivity index (χ2v) is 7.06. The van der Waals surface area contributed by atoms with Crippen molar-refractivity contribution >= 4 is 0 Å². The van der Waals surface area contributed by atoms with Gasteiger partial charge >= 0.3 is 0 Å². The molecule has 1 fully saturated rings. The number of rotatable bonds is 7. The van der Waals surface area contributed by atoms with Gasteiger partial charge in [-0.1, -0.05) is 19.8 Å². The minimum absolute atomic E-state index is 0.349. The Bertz CT molecular complexity index is 313. The van der Waals surface area contributed by atoms with Crippen LogP contribution in [-0.4, -0.2) is 35.6 Å². The fourth-order valence-electron chi connectivity index (χ4n) is 3.58. The maximum Gasteiger partial charge on any atom is 0.105 e. The molecule has 116 valence electrons. The summed E-state index contributed by atoms with van der Waals surface area (Å²) >= 11 is 0. The van der Waals surface area contributed by atoms with Crippen molar-refractivity contribution < 1.29 is 0 Å². The fraction of sp³-hybridized carbons (Fsp3) is 0.941. The third-order valence-corrected chi connectivity index (χ3v) is 4.53. The van der Waals surface area contributed by atoms with E-state index in [1.165, 1.54) is 38.8 Å². The lowest BCUT2D eigenvalue weighted by atomic mass is 9.89. The van der Waals surface area contributed by atoms with Crippen molar-refractivity contribution in [3.8, 4) is 6.07 Å². The Kier molecular flexibility index (Phi) is 6.99. The van der Waals surface area contributed by atoms with Gasteiger partial charge in [-0.15, -0.1) is 0 Å². The molecular weight excluding hydrogens is 246 g/mol. The largest absolute Gasteiger partial charge is 0.301 e. The van der Waals surface area contributed by atoms with Gasteiger partial charge in [-0.05, 0) is 66.0 Å². The molecule has 0 radical (unpaired) electrons. The van der Waals surface area contributed by atoms with Crippen LogP contribution in [0.2, 0.25) is 0 Å². The molecule has 2 unspecified atom stereocenters. The van der Waals surface area contributed by atoms with E-state index in [1.54, 1.807) is 0 Å². The first kappa shape index (κ1) is 17.5. The Morgan fingerprint density at radius 3 is 2.35 bits per heavy atom. The topological polar surface area (TPSA) is 39.1 Å². The van der Waals surface area contributed by atoms with E-state index in [2.05, 4.69) is 44.0 Å². The van der Waals surface area contributed by atoms with Crippen molar-refractivity contribution in [2.45, 2.75) is 84.3 Å². The average molecular weight is 279 g/mol. The molecule has 1 aliphatic heterocycles. The molecule has 0 saturated carbocycles. The van der Waals surface area contributed by atoms with E-state index >= 15 is 0 Å². The summed E-state index contributed by atoms with van der Waals surface area (Å²) in [6.07, 6.45) is 6.26.